The lowest BCUT2D eigenvalue weighted by Gasteiger charge is -2.43. The van der Waals surface area contributed by atoms with Gasteiger partial charge in [0.05, 0.1) is 0 Å². The summed E-state index contributed by atoms with van der Waals surface area (Å²) in [5, 5.41) is 3.03. The molecule has 0 aromatic carbocycles. The standard InChI is InChI=1S/C20H31BN2O4/c1-20(2,3)27-19(25)23-14-9-10-16(23)17(21)15(11-14)22-18(24)26-12-13-7-5-4-6-8-13/h5,7-8,14-17H,4,6,9-12,21H2,1-3H3,(H,22,24)/t14?,15?,16?,17-/m1/s1. The number of fused-ring (bicyclic) bond motifs is 2. The molecular formula is C20H31BN2O4. The molecule has 1 aliphatic carbocycles. The fraction of sp³-hybridized carbons (Fsp3) is 0.700. The second-order valence-electron chi connectivity index (χ2n) is 8.87. The largest absolute Gasteiger partial charge is 0.445 e. The number of allylic oxidation sites excluding steroid dienone is 2. The molecule has 2 bridgehead atoms. The average Bonchev–Trinajstić information content (AvgIpc) is 2.95. The molecule has 2 heterocycles. The molecule has 1 N–H and O–H groups in total. The molecule has 3 rings (SSSR count). The minimum absolute atomic E-state index is 0.0181. The Hall–Kier alpha value is -1.92. The van der Waals surface area contributed by atoms with Gasteiger partial charge >= 0.3 is 12.2 Å². The molecule has 0 aromatic rings. The van der Waals surface area contributed by atoms with Crippen molar-refractivity contribution in [3.05, 3.63) is 23.8 Å². The fourth-order valence-electron chi connectivity index (χ4n) is 4.34. The van der Waals surface area contributed by atoms with E-state index in [2.05, 4.69) is 25.3 Å². The number of nitrogens with zero attached hydrogens (tertiary/aromatic N) is 1. The zero-order valence-corrected chi connectivity index (χ0v) is 16.9. The number of alkyl carbamates (subject to hydrolysis) is 1. The van der Waals surface area contributed by atoms with E-state index in [-0.39, 0.29) is 36.1 Å². The van der Waals surface area contributed by atoms with E-state index in [0.29, 0.717) is 6.61 Å². The molecule has 0 aromatic heterocycles. The number of hydrogen-bond donors (Lipinski definition) is 1. The van der Waals surface area contributed by atoms with Crippen LogP contribution in [-0.2, 0) is 9.47 Å². The lowest BCUT2D eigenvalue weighted by molar-refractivity contribution is 0.00503. The Morgan fingerprint density at radius 1 is 1.30 bits per heavy atom. The van der Waals surface area contributed by atoms with Crippen LogP contribution in [0.4, 0.5) is 9.59 Å². The van der Waals surface area contributed by atoms with E-state index in [9.17, 15) is 9.59 Å². The van der Waals surface area contributed by atoms with Gasteiger partial charge in [0.15, 0.2) is 0 Å². The number of carbonyl (C=O) groups is 2. The monoisotopic (exact) mass is 374 g/mol. The van der Waals surface area contributed by atoms with E-state index < -0.39 is 5.60 Å². The molecule has 6 nitrogen and oxygen atoms in total. The molecule has 2 fully saturated rings. The smallest absolute Gasteiger partial charge is 0.410 e. The summed E-state index contributed by atoms with van der Waals surface area (Å²) < 4.78 is 11.0. The van der Waals surface area contributed by atoms with Crippen LogP contribution in [0.15, 0.2) is 23.8 Å². The van der Waals surface area contributed by atoms with Crippen LogP contribution >= 0.6 is 0 Å². The lowest BCUT2D eigenvalue weighted by Crippen LogP contribution is -2.56. The summed E-state index contributed by atoms with van der Waals surface area (Å²) in [6.07, 6.45) is 10.3. The number of nitrogens with one attached hydrogen (secondary N) is 1. The second kappa shape index (κ2) is 7.99. The third-order valence-electron chi connectivity index (χ3n) is 5.66. The Morgan fingerprint density at radius 2 is 2.07 bits per heavy atom. The molecular weight excluding hydrogens is 343 g/mol. The minimum Gasteiger partial charge on any atom is -0.445 e. The molecule has 0 spiro atoms. The van der Waals surface area contributed by atoms with Gasteiger partial charge in [0.1, 0.15) is 20.1 Å². The van der Waals surface area contributed by atoms with Crippen LogP contribution < -0.4 is 5.32 Å². The molecule has 7 heteroatoms. The highest BCUT2D eigenvalue weighted by Gasteiger charge is 2.49. The van der Waals surface area contributed by atoms with Crippen LogP contribution in [0.5, 0.6) is 0 Å². The highest BCUT2D eigenvalue weighted by molar-refractivity contribution is 6.13. The van der Waals surface area contributed by atoms with Gasteiger partial charge in [-0.1, -0.05) is 18.2 Å². The Labute approximate surface area is 162 Å². The van der Waals surface area contributed by atoms with Crippen molar-refractivity contribution in [2.75, 3.05) is 6.61 Å². The third kappa shape index (κ3) is 4.88. The van der Waals surface area contributed by atoms with E-state index in [4.69, 9.17) is 9.47 Å². The second-order valence-corrected chi connectivity index (χ2v) is 8.87. The van der Waals surface area contributed by atoms with Crippen LogP contribution in [0.2, 0.25) is 5.82 Å². The lowest BCUT2D eigenvalue weighted by atomic mass is 9.72. The van der Waals surface area contributed by atoms with Crippen LogP contribution in [0.3, 0.4) is 0 Å². The summed E-state index contributed by atoms with van der Waals surface area (Å²) in [5.74, 6) is 0.164. The van der Waals surface area contributed by atoms with Gasteiger partial charge in [0.2, 0.25) is 0 Å². The number of rotatable bonds is 3. The van der Waals surface area contributed by atoms with Gasteiger partial charge < -0.3 is 19.7 Å². The van der Waals surface area contributed by atoms with Crippen molar-refractivity contribution < 1.29 is 19.1 Å². The SMILES string of the molecule is B[C@@H]1C(NC(=O)OCC2=CCCC=C2)CC2CCC1N2C(=O)OC(C)(C)C. The van der Waals surface area contributed by atoms with E-state index >= 15 is 0 Å². The number of piperidine rings is 1. The van der Waals surface area contributed by atoms with Gasteiger partial charge in [0, 0.05) is 18.1 Å². The first kappa shape index (κ1) is 19.8. The van der Waals surface area contributed by atoms with Gasteiger partial charge in [-0.15, -0.1) is 0 Å². The molecule has 148 valence electrons. The van der Waals surface area contributed by atoms with Gasteiger partial charge in [-0.2, -0.15) is 0 Å². The van der Waals surface area contributed by atoms with Crippen molar-refractivity contribution in [3.63, 3.8) is 0 Å². The number of ether oxygens (including phenoxy) is 2. The molecule has 3 aliphatic rings. The van der Waals surface area contributed by atoms with Crippen molar-refractivity contribution in [1.29, 1.82) is 0 Å². The number of amides is 2. The molecule has 2 aliphatic heterocycles. The van der Waals surface area contributed by atoms with Crippen molar-refractivity contribution >= 4 is 20.0 Å². The first-order valence-corrected chi connectivity index (χ1v) is 10.0. The summed E-state index contributed by atoms with van der Waals surface area (Å²) in [6.45, 7) is 5.97. The van der Waals surface area contributed by atoms with Crippen molar-refractivity contribution in [2.24, 2.45) is 0 Å². The third-order valence-corrected chi connectivity index (χ3v) is 5.66. The zero-order chi connectivity index (χ0) is 19.6. The number of hydrogen-bond acceptors (Lipinski definition) is 4. The molecule has 2 saturated heterocycles. The summed E-state index contributed by atoms with van der Waals surface area (Å²) in [7, 11) is 2.10. The topological polar surface area (TPSA) is 67.9 Å². The minimum atomic E-state index is -0.499. The van der Waals surface area contributed by atoms with Gasteiger partial charge in [0.25, 0.3) is 0 Å². The Kier molecular flexibility index (Phi) is 5.87. The first-order valence-electron chi connectivity index (χ1n) is 10.0. The predicted octanol–water partition coefficient (Wildman–Crippen LogP) is 2.95. The van der Waals surface area contributed by atoms with Gasteiger partial charge in [-0.3, -0.25) is 0 Å². The molecule has 0 saturated carbocycles. The maximum absolute atomic E-state index is 12.6. The summed E-state index contributed by atoms with van der Waals surface area (Å²) in [4.78, 5) is 26.8. The van der Waals surface area contributed by atoms with E-state index in [1.807, 2.05) is 31.7 Å². The summed E-state index contributed by atoms with van der Waals surface area (Å²) in [6, 6.07) is 0.243. The molecule has 0 radical (unpaired) electrons. The van der Waals surface area contributed by atoms with Crippen LogP contribution in [0.25, 0.3) is 0 Å². The van der Waals surface area contributed by atoms with Gasteiger partial charge in [-0.05, 0) is 64.3 Å². The maximum atomic E-state index is 12.6. The van der Waals surface area contributed by atoms with Crippen LogP contribution in [0.1, 0.15) is 52.9 Å². The van der Waals surface area contributed by atoms with Crippen LogP contribution in [0, 0.1) is 0 Å². The summed E-state index contributed by atoms with van der Waals surface area (Å²) >= 11 is 0. The van der Waals surface area contributed by atoms with Crippen LogP contribution in [-0.4, -0.2) is 55.3 Å². The number of carbonyl (C=O) groups excluding carboxylic acids is 2. The molecule has 4 atom stereocenters. The fourth-order valence-corrected chi connectivity index (χ4v) is 4.34. The normalized spacial score (nSPS) is 29.9. The Balaban J connectivity index is 1.54. The highest BCUT2D eigenvalue weighted by atomic mass is 16.6. The quantitative estimate of drug-likeness (QED) is 0.772. The van der Waals surface area contributed by atoms with Crippen molar-refractivity contribution in [3.8, 4) is 0 Å². The van der Waals surface area contributed by atoms with E-state index in [1.165, 1.54) is 0 Å². The van der Waals surface area contributed by atoms with Crippen molar-refractivity contribution in [2.45, 2.75) is 82.4 Å². The first-order chi connectivity index (χ1) is 12.7. The Bertz CT molecular complexity index is 640. The van der Waals surface area contributed by atoms with Crippen molar-refractivity contribution in [1.82, 2.24) is 10.2 Å². The highest BCUT2D eigenvalue weighted by Crippen LogP contribution is 2.41. The maximum Gasteiger partial charge on any atom is 0.410 e. The van der Waals surface area contributed by atoms with E-state index in [0.717, 1.165) is 37.7 Å². The average molecular weight is 374 g/mol. The zero-order valence-electron chi connectivity index (χ0n) is 16.9. The molecule has 3 unspecified atom stereocenters. The van der Waals surface area contributed by atoms with E-state index in [1.54, 1.807) is 0 Å². The Morgan fingerprint density at radius 3 is 2.74 bits per heavy atom. The molecule has 2 amide bonds. The molecule has 27 heavy (non-hydrogen) atoms. The summed E-state index contributed by atoms with van der Waals surface area (Å²) in [5.41, 5.74) is 0.547. The van der Waals surface area contributed by atoms with Gasteiger partial charge in [-0.25, -0.2) is 9.59 Å². The predicted molar refractivity (Wildman–Crippen MR) is 107 cm³/mol.